The van der Waals surface area contributed by atoms with Gasteiger partial charge in [-0.3, -0.25) is 9.52 Å². The molecule has 2 aromatic rings. The first kappa shape index (κ1) is 18.4. The molecule has 0 heterocycles. The zero-order valence-corrected chi connectivity index (χ0v) is 15.1. The minimum Gasteiger partial charge on any atom is -0.396 e. The van der Waals surface area contributed by atoms with Crippen molar-refractivity contribution in [1.29, 1.82) is 0 Å². The summed E-state index contributed by atoms with van der Waals surface area (Å²) in [4.78, 5) is 12.0. The molecule has 24 heavy (non-hydrogen) atoms. The molecule has 0 radical (unpaired) electrons. The fourth-order valence-corrected chi connectivity index (χ4v) is 3.29. The summed E-state index contributed by atoms with van der Waals surface area (Å²) in [5, 5.41) is 11.3. The monoisotopic (exact) mass is 412 g/mol. The standard InChI is InChI=1S/C16H17BrN2O4S/c17-13-5-7-14(8-6-13)19-24(22,23)15-4-1-3-12(11-15)16(21)18-9-2-10-20/h1,3-8,11,19-20H,2,9-10H2,(H,18,21). The number of aliphatic hydroxyl groups is 1. The van der Waals surface area contributed by atoms with Crippen molar-refractivity contribution >= 4 is 37.5 Å². The second-order valence-corrected chi connectivity index (χ2v) is 7.57. The van der Waals surface area contributed by atoms with Crippen molar-refractivity contribution in [2.45, 2.75) is 11.3 Å². The third-order valence-electron chi connectivity index (χ3n) is 3.12. The Morgan fingerprint density at radius 1 is 1.12 bits per heavy atom. The van der Waals surface area contributed by atoms with E-state index in [1.165, 1.54) is 24.3 Å². The second kappa shape index (κ2) is 8.27. The molecule has 0 bridgehead atoms. The molecule has 128 valence electrons. The molecule has 8 heteroatoms. The van der Waals surface area contributed by atoms with Crippen LogP contribution >= 0.6 is 15.9 Å². The van der Waals surface area contributed by atoms with Gasteiger partial charge in [0.25, 0.3) is 15.9 Å². The number of benzene rings is 2. The summed E-state index contributed by atoms with van der Waals surface area (Å²) >= 11 is 3.28. The number of sulfonamides is 1. The van der Waals surface area contributed by atoms with E-state index in [0.717, 1.165) is 4.47 Å². The van der Waals surface area contributed by atoms with Crippen LogP contribution in [0, 0.1) is 0 Å². The number of anilines is 1. The van der Waals surface area contributed by atoms with Gasteiger partial charge in [-0.15, -0.1) is 0 Å². The minimum absolute atomic E-state index is 0.000210. The van der Waals surface area contributed by atoms with E-state index in [2.05, 4.69) is 26.0 Å². The van der Waals surface area contributed by atoms with Crippen LogP contribution in [0.3, 0.4) is 0 Å². The molecule has 6 nitrogen and oxygen atoms in total. The number of carbonyl (C=O) groups excluding carboxylic acids is 1. The van der Waals surface area contributed by atoms with E-state index in [9.17, 15) is 13.2 Å². The van der Waals surface area contributed by atoms with Crippen LogP contribution in [0.15, 0.2) is 57.9 Å². The maximum Gasteiger partial charge on any atom is 0.261 e. The lowest BCUT2D eigenvalue weighted by molar-refractivity contribution is 0.0951. The fraction of sp³-hybridized carbons (Fsp3) is 0.188. The summed E-state index contributed by atoms with van der Waals surface area (Å²) in [6.45, 7) is 0.301. The van der Waals surface area contributed by atoms with Crippen LogP contribution in [0.2, 0.25) is 0 Å². The average Bonchev–Trinajstić information content (AvgIpc) is 2.57. The van der Waals surface area contributed by atoms with Gasteiger partial charge in [-0.05, 0) is 48.9 Å². The quantitative estimate of drug-likeness (QED) is 0.608. The lowest BCUT2D eigenvalue weighted by Crippen LogP contribution is -2.25. The van der Waals surface area contributed by atoms with Gasteiger partial charge in [0.2, 0.25) is 0 Å². The van der Waals surface area contributed by atoms with Crippen molar-refractivity contribution in [3.8, 4) is 0 Å². The van der Waals surface area contributed by atoms with Gasteiger partial charge in [0.1, 0.15) is 0 Å². The van der Waals surface area contributed by atoms with Crippen molar-refractivity contribution in [2.75, 3.05) is 17.9 Å². The average molecular weight is 413 g/mol. The van der Waals surface area contributed by atoms with Gasteiger partial charge in [0, 0.05) is 28.9 Å². The molecule has 0 aliphatic rings. The van der Waals surface area contributed by atoms with Crippen molar-refractivity contribution in [3.05, 3.63) is 58.6 Å². The molecule has 0 aliphatic heterocycles. The van der Waals surface area contributed by atoms with Gasteiger partial charge in [-0.2, -0.15) is 0 Å². The number of hydrogen-bond donors (Lipinski definition) is 3. The van der Waals surface area contributed by atoms with E-state index in [1.54, 1.807) is 24.3 Å². The number of aliphatic hydroxyl groups excluding tert-OH is 1. The molecular formula is C16H17BrN2O4S. The van der Waals surface area contributed by atoms with E-state index < -0.39 is 10.0 Å². The van der Waals surface area contributed by atoms with Crippen LogP contribution in [-0.2, 0) is 10.0 Å². The van der Waals surface area contributed by atoms with E-state index in [-0.39, 0.29) is 23.0 Å². The molecule has 2 aromatic carbocycles. The molecule has 0 saturated carbocycles. The zero-order chi connectivity index (χ0) is 17.6. The van der Waals surface area contributed by atoms with Crippen molar-refractivity contribution in [3.63, 3.8) is 0 Å². The van der Waals surface area contributed by atoms with E-state index >= 15 is 0 Å². The number of carbonyl (C=O) groups is 1. The van der Waals surface area contributed by atoms with Gasteiger partial charge < -0.3 is 10.4 Å². The van der Waals surface area contributed by atoms with Gasteiger partial charge in [-0.25, -0.2) is 8.42 Å². The highest BCUT2D eigenvalue weighted by Crippen LogP contribution is 2.19. The van der Waals surface area contributed by atoms with Crippen molar-refractivity contribution in [2.24, 2.45) is 0 Å². The van der Waals surface area contributed by atoms with Crippen LogP contribution in [-0.4, -0.2) is 32.6 Å². The van der Waals surface area contributed by atoms with Crippen molar-refractivity contribution in [1.82, 2.24) is 5.32 Å². The van der Waals surface area contributed by atoms with E-state index in [4.69, 9.17) is 5.11 Å². The molecule has 0 unspecified atom stereocenters. The maximum atomic E-state index is 12.4. The molecule has 0 saturated heterocycles. The molecule has 0 spiro atoms. The number of halogens is 1. The molecule has 0 fully saturated rings. The molecular weight excluding hydrogens is 396 g/mol. The first-order chi connectivity index (χ1) is 11.4. The number of hydrogen-bond acceptors (Lipinski definition) is 4. The van der Waals surface area contributed by atoms with Crippen LogP contribution in [0.1, 0.15) is 16.8 Å². The highest BCUT2D eigenvalue weighted by molar-refractivity contribution is 9.10. The Morgan fingerprint density at radius 3 is 2.50 bits per heavy atom. The fourth-order valence-electron chi connectivity index (χ4n) is 1.92. The van der Waals surface area contributed by atoms with Crippen LogP contribution in [0.4, 0.5) is 5.69 Å². The zero-order valence-electron chi connectivity index (χ0n) is 12.7. The summed E-state index contributed by atoms with van der Waals surface area (Å²) in [5.74, 6) is -0.385. The molecule has 0 aliphatic carbocycles. The lowest BCUT2D eigenvalue weighted by Gasteiger charge is -2.10. The highest BCUT2D eigenvalue weighted by Gasteiger charge is 2.16. The lowest BCUT2D eigenvalue weighted by atomic mass is 10.2. The maximum absolute atomic E-state index is 12.4. The number of amides is 1. The van der Waals surface area contributed by atoms with E-state index in [0.29, 0.717) is 18.7 Å². The molecule has 0 atom stereocenters. The van der Waals surface area contributed by atoms with E-state index in [1.807, 2.05) is 0 Å². The minimum atomic E-state index is -3.79. The third-order valence-corrected chi connectivity index (χ3v) is 5.03. The Bertz CT molecular complexity index is 807. The third kappa shape index (κ3) is 5.05. The Morgan fingerprint density at radius 2 is 1.83 bits per heavy atom. The van der Waals surface area contributed by atoms with Crippen LogP contribution in [0.25, 0.3) is 0 Å². The first-order valence-electron chi connectivity index (χ1n) is 7.20. The van der Waals surface area contributed by atoms with Crippen LogP contribution < -0.4 is 10.0 Å². The molecule has 0 aromatic heterocycles. The topological polar surface area (TPSA) is 95.5 Å². The normalized spacial score (nSPS) is 11.1. The Balaban J connectivity index is 2.17. The smallest absolute Gasteiger partial charge is 0.261 e. The summed E-state index contributed by atoms with van der Waals surface area (Å²) < 4.78 is 28.2. The Kier molecular flexibility index (Phi) is 6.36. The van der Waals surface area contributed by atoms with Gasteiger partial charge in [0.15, 0.2) is 0 Å². The van der Waals surface area contributed by atoms with Gasteiger partial charge >= 0.3 is 0 Å². The SMILES string of the molecule is O=C(NCCCO)c1cccc(S(=O)(=O)Nc2ccc(Br)cc2)c1. The highest BCUT2D eigenvalue weighted by atomic mass is 79.9. The van der Waals surface area contributed by atoms with Gasteiger partial charge in [-0.1, -0.05) is 22.0 Å². The Hall–Kier alpha value is -1.90. The largest absolute Gasteiger partial charge is 0.396 e. The molecule has 3 N–H and O–H groups in total. The summed E-state index contributed by atoms with van der Waals surface area (Å²) in [6, 6.07) is 12.5. The first-order valence-corrected chi connectivity index (χ1v) is 9.47. The predicted octanol–water partition coefficient (Wildman–Crippen LogP) is 2.36. The van der Waals surface area contributed by atoms with Crippen LogP contribution in [0.5, 0.6) is 0 Å². The molecule has 1 amide bonds. The van der Waals surface area contributed by atoms with Gasteiger partial charge in [0.05, 0.1) is 4.90 Å². The molecule has 2 rings (SSSR count). The summed E-state index contributed by atoms with van der Waals surface area (Å²) in [6.07, 6.45) is 0.439. The predicted molar refractivity (Wildman–Crippen MR) is 95.4 cm³/mol. The number of nitrogens with one attached hydrogen (secondary N) is 2. The summed E-state index contributed by atoms with van der Waals surface area (Å²) in [5.41, 5.74) is 0.669. The number of rotatable bonds is 7. The Labute approximate surface area is 149 Å². The van der Waals surface area contributed by atoms with Crippen molar-refractivity contribution < 1.29 is 18.3 Å². The summed E-state index contributed by atoms with van der Waals surface area (Å²) in [7, 11) is -3.79. The second-order valence-electron chi connectivity index (χ2n) is 4.97.